The highest BCUT2D eigenvalue weighted by molar-refractivity contribution is 5.36. The van der Waals surface area contributed by atoms with Crippen LogP contribution in [0.15, 0.2) is 12.4 Å². The number of rotatable bonds is 3. The summed E-state index contributed by atoms with van der Waals surface area (Å²) < 4.78 is 0. The van der Waals surface area contributed by atoms with E-state index >= 15 is 0 Å². The summed E-state index contributed by atoms with van der Waals surface area (Å²) in [6.45, 7) is 7.42. The lowest BCUT2D eigenvalue weighted by molar-refractivity contribution is 0.269. The molecule has 1 aliphatic rings. The van der Waals surface area contributed by atoms with Crippen LogP contribution in [0.1, 0.15) is 12.6 Å². The Morgan fingerprint density at radius 2 is 1.94 bits per heavy atom. The van der Waals surface area contributed by atoms with Gasteiger partial charge in [-0.15, -0.1) is 0 Å². The van der Waals surface area contributed by atoms with Gasteiger partial charge >= 0.3 is 0 Å². The Morgan fingerprint density at radius 1 is 1.19 bits per heavy atom. The zero-order valence-electron chi connectivity index (χ0n) is 9.63. The number of aliphatic hydroxyl groups excluding tert-OH is 1. The highest BCUT2D eigenvalue weighted by Gasteiger charge is 2.16. The SMILES string of the molecule is CCN1CCN(c2cnc(CO)cn2)CC1. The minimum atomic E-state index is -0.0447. The lowest BCUT2D eigenvalue weighted by Crippen LogP contribution is -2.46. The largest absolute Gasteiger partial charge is 0.390 e. The highest BCUT2D eigenvalue weighted by atomic mass is 16.3. The maximum Gasteiger partial charge on any atom is 0.147 e. The van der Waals surface area contributed by atoms with Crippen molar-refractivity contribution in [3.63, 3.8) is 0 Å². The van der Waals surface area contributed by atoms with Crippen molar-refractivity contribution in [3.8, 4) is 0 Å². The zero-order valence-corrected chi connectivity index (χ0v) is 9.63. The monoisotopic (exact) mass is 222 g/mol. The molecule has 1 aliphatic heterocycles. The summed E-state index contributed by atoms with van der Waals surface area (Å²) in [4.78, 5) is 13.1. The van der Waals surface area contributed by atoms with Crippen LogP contribution in [0, 0.1) is 0 Å². The Balaban J connectivity index is 1.97. The summed E-state index contributed by atoms with van der Waals surface area (Å²) in [6.07, 6.45) is 3.38. The van der Waals surface area contributed by atoms with E-state index in [1.54, 1.807) is 12.4 Å². The van der Waals surface area contributed by atoms with Gasteiger partial charge in [-0.1, -0.05) is 6.92 Å². The second kappa shape index (κ2) is 5.23. The molecular weight excluding hydrogens is 204 g/mol. The summed E-state index contributed by atoms with van der Waals surface area (Å²) in [7, 11) is 0. The smallest absolute Gasteiger partial charge is 0.147 e. The molecule has 2 heterocycles. The van der Waals surface area contributed by atoms with Gasteiger partial charge in [-0.3, -0.25) is 4.98 Å². The third-order valence-corrected chi connectivity index (χ3v) is 3.00. The van der Waals surface area contributed by atoms with Crippen LogP contribution in [0.2, 0.25) is 0 Å². The van der Waals surface area contributed by atoms with Crippen LogP contribution in [-0.2, 0) is 6.61 Å². The predicted molar refractivity (Wildman–Crippen MR) is 62.3 cm³/mol. The van der Waals surface area contributed by atoms with Crippen molar-refractivity contribution in [1.82, 2.24) is 14.9 Å². The third-order valence-electron chi connectivity index (χ3n) is 3.00. The van der Waals surface area contributed by atoms with Gasteiger partial charge in [0.15, 0.2) is 0 Å². The van der Waals surface area contributed by atoms with Gasteiger partial charge in [0.1, 0.15) is 5.82 Å². The summed E-state index contributed by atoms with van der Waals surface area (Å²) >= 11 is 0. The molecule has 88 valence electrons. The van der Waals surface area contributed by atoms with Gasteiger partial charge in [-0.05, 0) is 6.54 Å². The lowest BCUT2D eigenvalue weighted by Gasteiger charge is -2.34. The van der Waals surface area contributed by atoms with Crippen molar-refractivity contribution in [3.05, 3.63) is 18.1 Å². The minimum absolute atomic E-state index is 0.0447. The Morgan fingerprint density at radius 3 is 2.44 bits per heavy atom. The first-order valence-electron chi connectivity index (χ1n) is 5.72. The molecule has 0 atom stereocenters. The number of likely N-dealkylation sites (N-methyl/N-ethyl adjacent to an activating group) is 1. The van der Waals surface area contributed by atoms with Gasteiger partial charge in [0.2, 0.25) is 0 Å². The van der Waals surface area contributed by atoms with Gasteiger partial charge in [0, 0.05) is 26.2 Å². The average molecular weight is 222 g/mol. The number of hydrogen-bond donors (Lipinski definition) is 1. The molecular formula is C11H18N4O. The van der Waals surface area contributed by atoms with Crippen molar-refractivity contribution in [2.24, 2.45) is 0 Å². The number of hydrogen-bond acceptors (Lipinski definition) is 5. The van der Waals surface area contributed by atoms with E-state index in [2.05, 4.69) is 26.7 Å². The van der Waals surface area contributed by atoms with E-state index in [1.165, 1.54) is 0 Å². The van der Waals surface area contributed by atoms with Crippen LogP contribution in [-0.4, -0.2) is 52.7 Å². The Hall–Kier alpha value is -1.20. The molecule has 0 aliphatic carbocycles. The van der Waals surface area contributed by atoms with E-state index in [9.17, 15) is 0 Å². The fourth-order valence-corrected chi connectivity index (χ4v) is 1.89. The molecule has 0 bridgehead atoms. The van der Waals surface area contributed by atoms with E-state index in [-0.39, 0.29) is 6.61 Å². The highest BCUT2D eigenvalue weighted by Crippen LogP contribution is 2.12. The Labute approximate surface area is 95.7 Å². The second-order valence-corrected chi connectivity index (χ2v) is 3.95. The third kappa shape index (κ3) is 2.48. The Bertz CT molecular complexity index is 319. The summed E-state index contributed by atoms with van der Waals surface area (Å²) in [6, 6.07) is 0. The summed E-state index contributed by atoms with van der Waals surface area (Å²) in [5.41, 5.74) is 0.621. The van der Waals surface area contributed by atoms with Crippen molar-refractivity contribution in [2.45, 2.75) is 13.5 Å². The summed E-state index contributed by atoms with van der Waals surface area (Å²) in [5, 5.41) is 8.88. The summed E-state index contributed by atoms with van der Waals surface area (Å²) in [5.74, 6) is 0.910. The lowest BCUT2D eigenvalue weighted by atomic mass is 10.3. The van der Waals surface area contributed by atoms with Gasteiger partial charge in [0.25, 0.3) is 0 Å². The molecule has 1 saturated heterocycles. The van der Waals surface area contributed by atoms with E-state index in [1.807, 2.05) is 0 Å². The zero-order chi connectivity index (χ0) is 11.4. The normalized spacial score (nSPS) is 17.8. The first-order valence-corrected chi connectivity index (χ1v) is 5.72. The molecule has 0 saturated carbocycles. The van der Waals surface area contributed by atoms with Crippen molar-refractivity contribution >= 4 is 5.82 Å². The molecule has 0 spiro atoms. The molecule has 16 heavy (non-hydrogen) atoms. The number of nitrogens with zero attached hydrogens (tertiary/aromatic N) is 4. The molecule has 0 unspecified atom stereocenters. The maximum absolute atomic E-state index is 8.88. The first-order chi connectivity index (χ1) is 7.83. The standard InChI is InChI=1S/C11H18N4O/c1-2-14-3-5-15(6-4-14)11-8-12-10(9-16)7-13-11/h7-8,16H,2-6,9H2,1H3. The average Bonchev–Trinajstić information content (AvgIpc) is 2.39. The maximum atomic E-state index is 8.88. The molecule has 1 aromatic heterocycles. The van der Waals surface area contributed by atoms with Crippen LogP contribution in [0.5, 0.6) is 0 Å². The molecule has 1 fully saturated rings. The van der Waals surface area contributed by atoms with E-state index in [4.69, 9.17) is 5.11 Å². The van der Waals surface area contributed by atoms with Gasteiger partial charge < -0.3 is 14.9 Å². The van der Waals surface area contributed by atoms with E-state index in [0.717, 1.165) is 38.5 Å². The molecule has 5 nitrogen and oxygen atoms in total. The Kier molecular flexibility index (Phi) is 3.69. The van der Waals surface area contributed by atoms with Gasteiger partial charge in [-0.25, -0.2) is 4.98 Å². The quantitative estimate of drug-likeness (QED) is 0.786. The van der Waals surface area contributed by atoms with Crippen LogP contribution in [0.4, 0.5) is 5.82 Å². The van der Waals surface area contributed by atoms with Crippen LogP contribution in [0.3, 0.4) is 0 Å². The number of piperazine rings is 1. The molecule has 0 aromatic carbocycles. The number of aromatic nitrogens is 2. The van der Waals surface area contributed by atoms with Crippen LogP contribution in [0.25, 0.3) is 0 Å². The fraction of sp³-hybridized carbons (Fsp3) is 0.636. The van der Waals surface area contributed by atoms with Crippen LogP contribution < -0.4 is 4.90 Å². The fourth-order valence-electron chi connectivity index (χ4n) is 1.89. The van der Waals surface area contributed by atoms with Crippen molar-refractivity contribution < 1.29 is 5.11 Å². The van der Waals surface area contributed by atoms with Crippen LogP contribution >= 0.6 is 0 Å². The van der Waals surface area contributed by atoms with Crippen molar-refractivity contribution in [1.29, 1.82) is 0 Å². The molecule has 2 rings (SSSR count). The van der Waals surface area contributed by atoms with E-state index < -0.39 is 0 Å². The second-order valence-electron chi connectivity index (χ2n) is 3.95. The topological polar surface area (TPSA) is 52.5 Å². The van der Waals surface area contributed by atoms with Gasteiger partial charge in [0.05, 0.1) is 24.7 Å². The number of aliphatic hydroxyl groups is 1. The first kappa shape index (κ1) is 11.3. The number of anilines is 1. The molecule has 5 heteroatoms. The van der Waals surface area contributed by atoms with Gasteiger partial charge in [-0.2, -0.15) is 0 Å². The minimum Gasteiger partial charge on any atom is -0.390 e. The molecule has 0 amide bonds. The molecule has 0 radical (unpaired) electrons. The predicted octanol–water partition coefficient (Wildman–Crippen LogP) is 0.111. The molecule has 1 N–H and O–H groups in total. The molecule has 1 aromatic rings. The van der Waals surface area contributed by atoms with Crippen molar-refractivity contribution in [2.75, 3.05) is 37.6 Å². The van der Waals surface area contributed by atoms with E-state index in [0.29, 0.717) is 5.69 Å².